The van der Waals surface area contributed by atoms with Crippen molar-refractivity contribution in [2.75, 3.05) is 0 Å². The Morgan fingerprint density at radius 2 is 2.21 bits per heavy atom. The predicted molar refractivity (Wildman–Crippen MR) is 52.2 cm³/mol. The molecule has 14 heavy (non-hydrogen) atoms. The number of hydrogen-bond acceptors (Lipinski definition) is 3. The first-order chi connectivity index (χ1) is 6.81. The van der Waals surface area contributed by atoms with E-state index in [0.29, 0.717) is 16.4 Å². The number of aromatic nitrogens is 3. The van der Waals surface area contributed by atoms with Crippen LogP contribution in [0, 0.1) is 0 Å². The van der Waals surface area contributed by atoms with Crippen LogP contribution < -0.4 is 0 Å². The van der Waals surface area contributed by atoms with E-state index in [1.807, 2.05) is 0 Å². The normalized spacial score (nSPS) is 10.1. The van der Waals surface area contributed by atoms with Crippen LogP contribution in [-0.2, 0) is 0 Å². The molecule has 0 aliphatic carbocycles. The summed E-state index contributed by atoms with van der Waals surface area (Å²) < 4.78 is 0. The minimum Gasteiger partial charge on any atom is -0.298 e. The summed E-state index contributed by atoms with van der Waals surface area (Å²) >= 11 is 5.64. The molecular weight excluding hydrogens is 202 g/mol. The molecule has 0 spiro atoms. The van der Waals surface area contributed by atoms with Crippen molar-refractivity contribution in [3.05, 3.63) is 35.2 Å². The van der Waals surface area contributed by atoms with E-state index in [1.165, 1.54) is 6.20 Å². The average Bonchev–Trinajstić information content (AvgIpc) is 2.67. The molecule has 2 rings (SSSR count). The molecule has 70 valence electrons. The van der Waals surface area contributed by atoms with Crippen LogP contribution in [0.15, 0.2) is 24.5 Å². The Morgan fingerprint density at radius 3 is 2.86 bits per heavy atom. The molecule has 0 bridgehead atoms. The fraction of sp³-hybridized carbons (Fsp3) is 0. The maximum absolute atomic E-state index is 10.6. The second-order valence-electron chi connectivity index (χ2n) is 2.69. The van der Waals surface area contributed by atoms with Crippen molar-refractivity contribution in [1.29, 1.82) is 0 Å². The smallest absolute Gasteiger partial charge is 0.153 e. The van der Waals surface area contributed by atoms with Crippen molar-refractivity contribution in [3.63, 3.8) is 0 Å². The molecule has 0 radical (unpaired) electrons. The van der Waals surface area contributed by atoms with Gasteiger partial charge in [0.25, 0.3) is 0 Å². The Hall–Kier alpha value is -1.68. The summed E-state index contributed by atoms with van der Waals surface area (Å²) in [6.07, 6.45) is 3.80. The highest BCUT2D eigenvalue weighted by Crippen LogP contribution is 2.19. The molecule has 0 atom stereocenters. The van der Waals surface area contributed by atoms with Crippen molar-refractivity contribution in [3.8, 4) is 11.3 Å². The zero-order valence-corrected chi connectivity index (χ0v) is 7.82. The lowest BCUT2D eigenvalue weighted by Gasteiger charge is -1.97. The molecular formula is C9H6ClN3O. The summed E-state index contributed by atoms with van der Waals surface area (Å²) in [5, 5.41) is 6.92. The van der Waals surface area contributed by atoms with E-state index in [4.69, 9.17) is 11.6 Å². The number of pyridine rings is 1. The molecule has 1 N–H and O–H groups in total. The third-order valence-electron chi connectivity index (χ3n) is 1.81. The van der Waals surface area contributed by atoms with Gasteiger partial charge in [-0.3, -0.25) is 9.89 Å². The lowest BCUT2D eigenvalue weighted by Crippen LogP contribution is -1.85. The van der Waals surface area contributed by atoms with E-state index < -0.39 is 0 Å². The van der Waals surface area contributed by atoms with Gasteiger partial charge in [0.05, 0.1) is 17.5 Å². The van der Waals surface area contributed by atoms with E-state index in [0.717, 1.165) is 11.8 Å². The average molecular weight is 208 g/mol. The topological polar surface area (TPSA) is 58.6 Å². The molecule has 2 heterocycles. The molecule has 0 saturated carbocycles. The first-order valence-electron chi connectivity index (χ1n) is 3.92. The Balaban J connectivity index is 2.49. The third-order valence-corrected chi connectivity index (χ3v) is 2.04. The van der Waals surface area contributed by atoms with Gasteiger partial charge in [-0.25, -0.2) is 4.98 Å². The van der Waals surface area contributed by atoms with Crippen LogP contribution in [0.4, 0.5) is 0 Å². The number of carbonyl (C=O) groups excluding carboxylic acids is 1. The molecule has 0 fully saturated rings. The van der Waals surface area contributed by atoms with Gasteiger partial charge in [-0.05, 0) is 12.1 Å². The number of nitrogens with one attached hydrogen (secondary N) is 1. The van der Waals surface area contributed by atoms with E-state index >= 15 is 0 Å². The van der Waals surface area contributed by atoms with E-state index in [-0.39, 0.29) is 0 Å². The van der Waals surface area contributed by atoms with Crippen LogP contribution in [0.5, 0.6) is 0 Å². The number of nitrogens with zero attached hydrogens (tertiary/aromatic N) is 2. The molecule has 2 aromatic heterocycles. The molecule has 0 aromatic carbocycles. The minimum atomic E-state index is 0.418. The molecule has 0 saturated heterocycles. The summed E-state index contributed by atoms with van der Waals surface area (Å²) in [4.78, 5) is 14.5. The summed E-state index contributed by atoms with van der Waals surface area (Å²) in [7, 11) is 0. The maximum atomic E-state index is 10.6. The number of aldehydes is 1. The number of halogens is 1. The zero-order chi connectivity index (χ0) is 9.97. The van der Waals surface area contributed by atoms with E-state index in [1.54, 1.807) is 18.3 Å². The number of H-pyrrole nitrogens is 1. The highest BCUT2D eigenvalue weighted by molar-refractivity contribution is 6.29. The molecule has 0 aliphatic heterocycles. The van der Waals surface area contributed by atoms with Crippen LogP contribution in [0.3, 0.4) is 0 Å². The van der Waals surface area contributed by atoms with Crippen LogP contribution in [0.25, 0.3) is 11.3 Å². The molecule has 2 aromatic rings. The largest absolute Gasteiger partial charge is 0.298 e. The van der Waals surface area contributed by atoms with Crippen molar-refractivity contribution in [1.82, 2.24) is 15.2 Å². The number of hydrogen-bond donors (Lipinski definition) is 1. The lowest BCUT2D eigenvalue weighted by atomic mass is 10.1. The molecule has 0 unspecified atom stereocenters. The van der Waals surface area contributed by atoms with Gasteiger partial charge in [0, 0.05) is 11.8 Å². The van der Waals surface area contributed by atoms with E-state index in [2.05, 4.69) is 15.2 Å². The zero-order valence-electron chi connectivity index (χ0n) is 7.07. The van der Waals surface area contributed by atoms with Crippen LogP contribution in [0.2, 0.25) is 5.15 Å². The van der Waals surface area contributed by atoms with Crippen molar-refractivity contribution in [2.45, 2.75) is 0 Å². The van der Waals surface area contributed by atoms with Gasteiger partial charge in [-0.15, -0.1) is 0 Å². The minimum absolute atomic E-state index is 0.418. The van der Waals surface area contributed by atoms with Crippen LogP contribution in [0.1, 0.15) is 10.4 Å². The Labute approximate surface area is 84.9 Å². The third kappa shape index (κ3) is 1.52. The standard InChI is InChI=1S/C9H6ClN3O/c10-8-2-1-6(3-11-8)9-7(5-14)4-12-13-9/h1-5H,(H,12,13). The van der Waals surface area contributed by atoms with Gasteiger partial charge < -0.3 is 0 Å². The molecule has 4 nitrogen and oxygen atoms in total. The van der Waals surface area contributed by atoms with E-state index in [9.17, 15) is 4.79 Å². The first kappa shape index (κ1) is 8.90. The summed E-state index contributed by atoms with van der Waals surface area (Å²) in [5.74, 6) is 0. The molecule has 0 amide bonds. The van der Waals surface area contributed by atoms with Gasteiger partial charge in [0.15, 0.2) is 6.29 Å². The highest BCUT2D eigenvalue weighted by atomic mass is 35.5. The lowest BCUT2D eigenvalue weighted by molar-refractivity contribution is 0.112. The summed E-state index contributed by atoms with van der Waals surface area (Å²) in [6, 6.07) is 3.43. The number of aromatic amines is 1. The quantitative estimate of drug-likeness (QED) is 0.605. The summed E-state index contributed by atoms with van der Waals surface area (Å²) in [5.41, 5.74) is 1.95. The summed E-state index contributed by atoms with van der Waals surface area (Å²) in [6.45, 7) is 0. The van der Waals surface area contributed by atoms with Crippen molar-refractivity contribution < 1.29 is 4.79 Å². The Morgan fingerprint density at radius 1 is 1.36 bits per heavy atom. The van der Waals surface area contributed by atoms with Crippen molar-refractivity contribution >= 4 is 17.9 Å². The molecule has 5 heteroatoms. The van der Waals surface area contributed by atoms with Crippen LogP contribution in [-0.4, -0.2) is 21.5 Å². The first-order valence-corrected chi connectivity index (χ1v) is 4.29. The van der Waals surface area contributed by atoms with Gasteiger partial charge in [0.1, 0.15) is 5.15 Å². The number of carbonyl (C=O) groups is 1. The predicted octanol–water partition coefficient (Wildman–Crippen LogP) is 1.94. The monoisotopic (exact) mass is 207 g/mol. The van der Waals surface area contributed by atoms with Gasteiger partial charge in [0.2, 0.25) is 0 Å². The van der Waals surface area contributed by atoms with Gasteiger partial charge in [-0.2, -0.15) is 5.10 Å². The van der Waals surface area contributed by atoms with Gasteiger partial charge >= 0.3 is 0 Å². The highest BCUT2D eigenvalue weighted by Gasteiger charge is 2.06. The second-order valence-corrected chi connectivity index (χ2v) is 3.08. The Bertz CT molecular complexity index is 449. The fourth-order valence-corrected chi connectivity index (χ4v) is 1.25. The SMILES string of the molecule is O=Cc1cn[nH]c1-c1ccc(Cl)nc1. The fourth-order valence-electron chi connectivity index (χ4n) is 1.14. The second kappa shape index (κ2) is 3.59. The van der Waals surface area contributed by atoms with Crippen molar-refractivity contribution in [2.24, 2.45) is 0 Å². The van der Waals surface area contributed by atoms with Crippen LogP contribution >= 0.6 is 11.6 Å². The maximum Gasteiger partial charge on any atom is 0.153 e. The van der Waals surface area contributed by atoms with Gasteiger partial charge in [-0.1, -0.05) is 11.6 Å². The molecule has 0 aliphatic rings. The number of rotatable bonds is 2. The Kier molecular flexibility index (Phi) is 2.28.